The molecule has 0 spiro atoms. The van der Waals surface area contributed by atoms with Crippen molar-refractivity contribution >= 4 is 38.7 Å². The first-order chi connectivity index (χ1) is 6.77. The molecule has 0 unspecified atom stereocenters. The zero-order chi connectivity index (χ0) is 10.1. The first-order valence-electron chi connectivity index (χ1n) is 4.22. The summed E-state index contributed by atoms with van der Waals surface area (Å²) >= 11 is 7.37. The molecular weight excluding hydrogens is 218 g/mol. The molecule has 2 nitrogen and oxygen atoms in total. The van der Waals surface area contributed by atoms with Gasteiger partial charge in [0.2, 0.25) is 0 Å². The smallest absolute Gasteiger partial charge is 0.0692 e. The highest BCUT2D eigenvalue weighted by molar-refractivity contribution is 7.17. The van der Waals surface area contributed by atoms with Gasteiger partial charge in [-0.2, -0.15) is 0 Å². The van der Waals surface area contributed by atoms with Crippen molar-refractivity contribution < 1.29 is 5.11 Å². The molecule has 3 N–H and O–H groups in total. The number of halogens is 1. The topological polar surface area (TPSA) is 46.2 Å². The highest BCUT2D eigenvalue weighted by atomic mass is 35.5. The van der Waals surface area contributed by atoms with E-state index in [0.717, 1.165) is 26.9 Å². The summed E-state index contributed by atoms with van der Waals surface area (Å²) in [6.45, 7) is -0.0136. The lowest BCUT2D eigenvalue weighted by Gasteiger charge is -2.06. The molecule has 0 bridgehead atoms. The normalized spacial score (nSPS) is 11.0. The van der Waals surface area contributed by atoms with E-state index in [1.54, 1.807) is 11.3 Å². The fraction of sp³-hybridized carbons (Fsp3) is 0.200. The van der Waals surface area contributed by atoms with Gasteiger partial charge >= 0.3 is 0 Å². The Hall–Kier alpha value is -0.770. The van der Waals surface area contributed by atoms with Gasteiger partial charge in [-0.3, -0.25) is 0 Å². The monoisotopic (exact) mass is 227 g/mol. The van der Waals surface area contributed by atoms with Gasteiger partial charge < -0.3 is 10.8 Å². The minimum atomic E-state index is -0.0136. The van der Waals surface area contributed by atoms with Crippen LogP contribution in [0.3, 0.4) is 0 Å². The van der Waals surface area contributed by atoms with Crippen LogP contribution in [0.25, 0.3) is 10.1 Å². The standard InChI is InChI=1S/C10H10ClNOS/c11-3-6-1-2-9-10(7(6)4-13)8(12)5-14-9/h1-2,5,13H,3-4,12H2. The van der Waals surface area contributed by atoms with E-state index in [-0.39, 0.29) is 6.61 Å². The Morgan fingerprint density at radius 1 is 1.43 bits per heavy atom. The molecule has 0 aliphatic carbocycles. The Bertz CT molecular complexity index is 466. The largest absolute Gasteiger partial charge is 0.398 e. The van der Waals surface area contributed by atoms with Gasteiger partial charge in [-0.1, -0.05) is 6.07 Å². The Morgan fingerprint density at radius 2 is 2.21 bits per heavy atom. The third kappa shape index (κ3) is 1.38. The SMILES string of the molecule is Nc1csc2ccc(CCl)c(CO)c12. The van der Waals surface area contributed by atoms with Crippen LogP contribution in [0.1, 0.15) is 11.1 Å². The number of thiophene rings is 1. The third-order valence-corrected chi connectivity index (χ3v) is 3.53. The Balaban J connectivity index is 2.81. The second-order valence-electron chi connectivity index (χ2n) is 3.06. The molecule has 74 valence electrons. The Kier molecular flexibility index (Phi) is 2.63. The summed E-state index contributed by atoms with van der Waals surface area (Å²) in [7, 11) is 0. The van der Waals surface area contributed by atoms with Crippen molar-refractivity contribution in [2.24, 2.45) is 0 Å². The van der Waals surface area contributed by atoms with E-state index < -0.39 is 0 Å². The number of rotatable bonds is 2. The summed E-state index contributed by atoms with van der Waals surface area (Å²) in [5, 5.41) is 12.1. The van der Waals surface area contributed by atoms with Crippen molar-refractivity contribution in [1.82, 2.24) is 0 Å². The lowest BCUT2D eigenvalue weighted by atomic mass is 10.0. The van der Waals surface area contributed by atoms with Crippen LogP contribution in [-0.4, -0.2) is 5.11 Å². The average molecular weight is 228 g/mol. The number of hydrogen-bond donors (Lipinski definition) is 2. The van der Waals surface area contributed by atoms with Crippen LogP contribution in [0, 0.1) is 0 Å². The third-order valence-electron chi connectivity index (χ3n) is 2.28. The summed E-state index contributed by atoms with van der Waals surface area (Å²) in [6.07, 6.45) is 0. The van der Waals surface area contributed by atoms with E-state index in [0.29, 0.717) is 5.88 Å². The van der Waals surface area contributed by atoms with Crippen LogP contribution >= 0.6 is 22.9 Å². The van der Waals surface area contributed by atoms with Gasteiger partial charge in [-0.15, -0.1) is 22.9 Å². The maximum atomic E-state index is 9.28. The number of aliphatic hydroxyl groups excluding tert-OH is 1. The van der Waals surface area contributed by atoms with E-state index in [1.165, 1.54) is 0 Å². The molecule has 0 saturated heterocycles. The molecule has 0 saturated carbocycles. The van der Waals surface area contributed by atoms with Gasteiger partial charge in [-0.05, 0) is 17.2 Å². The van der Waals surface area contributed by atoms with Crippen molar-refractivity contribution in [1.29, 1.82) is 0 Å². The van der Waals surface area contributed by atoms with Crippen molar-refractivity contribution in [2.45, 2.75) is 12.5 Å². The van der Waals surface area contributed by atoms with Crippen molar-refractivity contribution in [3.63, 3.8) is 0 Å². The van der Waals surface area contributed by atoms with Crippen LogP contribution in [0.2, 0.25) is 0 Å². The maximum absolute atomic E-state index is 9.28. The molecule has 1 heterocycles. The van der Waals surface area contributed by atoms with Crippen LogP contribution in [0.4, 0.5) is 5.69 Å². The molecule has 0 fully saturated rings. The molecule has 0 atom stereocenters. The molecule has 0 amide bonds. The molecule has 2 rings (SSSR count). The summed E-state index contributed by atoms with van der Waals surface area (Å²) in [4.78, 5) is 0. The van der Waals surface area contributed by atoms with E-state index in [1.807, 2.05) is 17.5 Å². The lowest BCUT2D eigenvalue weighted by molar-refractivity contribution is 0.282. The minimum Gasteiger partial charge on any atom is -0.398 e. The number of anilines is 1. The average Bonchev–Trinajstić information content (AvgIpc) is 2.59. The van der Waals surface area contributed by atoms with Gasteiger partial charge in [-0.25, -0.2) is 0 Å². The minimum absolute atomic E-state index is 0.0136. The summed E-state index contributed by atoms with van der Waals surface area (Å²) in [5.41, 5.74) is 8.36. The van der Waals surface area contributed by atoms with Crippen LogP contribution in [-0.2, 0) is 12.5 Å². The van der Waals surface area contributed by atoms with Crippen LogP contribution in [0.15, 0.2) is 17.5 Å². The van der Waals surface area contributed by atoms with Crippen LogP contribution in [0.5, 0.6) is 0 Å². The number of nitrogens with two attached hydrogens (primary N) is 1. The molecule has 0 aliphatic rings. The lowest BCUT2D eigenvalue weighted by Crippen LogP contribution is -1.94. The number of benzene rings is 1. The number of alkyl halides is 1. The van der Waals surface area contributed by atoms with E-state index in [9.17, 15) is 5.11 Å². The van der Waals surface area contributed by atoms with Gasteiger partial charge in [0.15, 0.2) is 0 Å². The van der Waals surface area contributed by atoms with Gasteiger partial charge in [0.25, 0.3) is 0 Å². The van der Waals surface area contributed by atoms with Crippen molar-refractivity contribution in [3.05, 3.63) is 28.6 Å². The fourth-order valence-corrected chi connectivity index (χ4v) is 2.70. The van der Waals surface area contributed by atoms with E-state index in [4.69, 9.17) is 17.3 Å². The van der Waals surface area contributed by atoms with E-state index in [2.05, 4.69) is 0 Å². The van der Waals surface area contributed by atoms with Crippen molar-refractivity contribution in [2.75, 3.05) is 5.73 Å². The van der Waals surface area contributed by atoms with Crippen LogP contribution < -0.4 is 5.73 Å². The maximum Gasteiger partial charge on any atom is 0.0692 e. The first-order valence-corrected chi connectivity index (χ1v) is 5.63. The zero-order valence-corrected chi connectivity index (χ0v) is 9.03. The van der Waals surface area contributed by atoms with Crippen molar-refractivity contribution in [3.8, 4) is 0 Å². The highest BCUT2D eigenvalue weighted by Crippen LogP contribution is 2.33. The molecular formula is C10H10ClNOS. The summed E-state index contributed by atoms with van der Waals surface area (Å²) < 4.78 is 1.10. The molecule has 1 aromatic heterocycles. The van der Waals surface area contributed by atoms with Gasteiger partial charge in [0.05, 0.1) is 12.3 Å². The van der Waals surface area contributed by atoms with Gasteiger partial charge in [0.1, 0.15) is 0 Å². The predicted molar refractivity (Wildman–Crippen MR) is 61.7 cm³/mol. The first kappa shape index (κ1) is 9.77. The Labute approximate surface area is 90.9 Å². The molecule has 1 aromatic carbocycles. The number of nitrogen functional groups attached to an aromatic ring is 1. The molecule has 0 aliphatic heterocycles. The molecule has 14 heavy (non-hydrogen) atoms. The quantitative estimate of drug-likeness (QED) is 0.775. The summed E-state index contributed by atoms with van der Waals surface area (Å²) in [5.74, 6) is 0.404. The Morgan fingerprint density at radius 3 is 2.86 bits per heavy atom. The number of aliphatic hydroxyl groups is 1. The number of fused-ring (bicyclic) bond motifs is 1. The number of hydrogen-bond acceptors (Lipinski definition) is 3. The zero-order valence-electron chi connectivity index (χ0n) is 7.46. The summed E-state index contributed by atoms with van der Waals surface area (Å²) in [6, 6.07) is 3.93. The molecule has 4 heteroatoms. The molecule has 2 aromatic rings. The van der Waals surface area contributed by atoms with E-state index >= 15 is 0 Å². The highest BCUT2D eigenvalue weighted by Gasteiger charge is 2.10. The fourth-order valence-electron chi connectivity index (χ4n) is 1.58. The molecule has 0 radical (unpaired) electrons. The second-order valence-corrected chi connectivity index (χ2v) is 4.24. The predicted octanol–water partition coefficient (Wildman–Crippen LogP) is 2.71. The second kappa shape index (κ2) is 3.77. The van der Waals surface area contributed by atoms with Gasteiger partial charge in [0, 0.05) is 21.3 Å².